The number of hydrogen-bond acceptors (Lipinski definition) is 8. The van der Waals surface area contributed by atoms with E-state index in [4.69, 9.17) is 41.1 Å². The largest absolute Gasteiger partial charge is 0.492 e. The molecule has 0 aliphatic carbocycles. The number of hydrogen-bond donors (Lipinski definition) is 6. The molecule has 1 fully saturated rings. The number of rotatable bonds is 8. The summed E-state index contributed by atoms with van der Waals surface area (Å²) in [5.74, 6) is -4.93. The Morgan fingerprint density at radius 3 is 1.81 bits per heavy atom. The smallest absolute Gasteiger partial charge is 0.490 e. The van der Waals surface area contributed by atoms with Gasteiger partial charge in [-0.15, -0.1) is 0 Å². The number of nitrogens with two attached hydrogens (primary N) is 1. The van der Waals surface area contributed by atoms with Crippen LogP contribution in [0.25, 0.3) is 0 Å². The Morgan fingerprint density at radius 1 is 0.894 bits per heavy atom. The van der Waals surface area contributed by atoms with Crippen LogP contribution < -0.4 is 15.8 Å². The maximum Gasteiger partial charge on any atom is 0.490 e. The van der Waals surface area contributed by atoms with E-state index < -0.39 is 34.3 Å². The maximum absolute atomic E-state index is 12.9. The van der Waals surface area contributed by atoms with E-state index in [1.165, 1.54) is 28.6 Å². The molecule has 47 heavy (non-hydrogen) atoms. The van der Waals surface area contributed by atoms with Crippen molar-refractivity contribution in [3.63, 3.8) is 0 Å². The van der Waals surface area contributed by atoms with Crippen molar-refractivity contribution in [3.05, 3.63) is 59.7 Å². The molecular weight excluding hydrogens is 670 g/mol. The number of alkyl halides is 6. The fourth-order valence-corrected chi connectivity index (χ4v) is 4.80. The highest BCUT2D eigenvalue weighted by Gasteiger charge is 2.39. The normalized spacial score (nSPS) is 13.6. The van der Waals surface area contributed by atoms with E-state index in [9.17, 15) is 39.6 Å². The Balaban J connectivity index is 0.000000658. The number of nitrogen functional groups attached to an aromatic ring is 1. The van der Waals surface area contributed by atoms with E-state index in [0.717, 1.165) is 0 Å². The van der Waals surface area contributed by atoms with Crippen LogP contribution in [0.15, 0.2) is 53.4 Å². The number of carbonyl (C=O) groups is 3. The fourth-order valence-electron chi connectivity index (χ4n) is 3.38. The Labute approximate surface area is 263 Å². The second-order valence-corrected chi connectivity index (χ2v) is 11.1. The minimum Gasteiger partial charge on any atom is -0.492 e. The van der Waals surface area contributed by atoms with Crippen molar-refractivity contribution in [1.82, 2.24) is 14.5 Å². The van der Waals surface area contributed by atoms with Crippen molar-refractivity contribution in [2.45, 2.75) is 24.2 Å². The van der Waals surface area contributed by atoms with E-state index in [-0.39, 0.29) is 29.8 Å². The number of aliphatic carboxylic acids is 2. The first kappa shape index (κ1) is 40.1. The number of carboxylic acid groups (broad SMARTS) is 2. The van der Waals surface area contributed by atoms with Crippen LogP contribution >= 0.6 is 0 Å². The van der Waals surface area contributed by atoms with Crippen molar-refractivity contribution in [2.24, 2.45) is 5.73 Å². The molecule has 0 bridgehead atoms. The Morgan fingerprint density at radius 2 is 1.38 bits per heavy atom. The topological polar surface area (TPSA) is 227 Å². The SMILES string of the molecule is CC(=N)N1CCN(S(=O)(=O)c2ccc(C(=O)NCCOc3cccc(C(=N)N)c3)cc2)CC1.O=C(O)C(F)(F)F.O=C(O)C(F)(F)F. The zero-order chi connectivity index (χ0) is 36.2. The van der Waals surface area contributed by atoms with E-state index >= 15 is 0 Å². The lowest BCUT2D eigenvalue weighted by molar-refractivity contribution is -0.193. The van der Waals surface area contributed by atoms with E-state index in [0.29, 0.717) is 48.9 Å². The highest BCUT2D eigenvalue weighted by Crippen LogP contribution is 2.19. The maximum atomic E-state index is 12.9. The third-order valence-electron chi connectivity index (χ3n) is 5.75. The Hall–Kier alpha value is -4.92. The second kappa shape index (κ2) is 17.1. The molecule has 0 radical (unpaired) electrons. The van der Waals surface area contributed by atoms with Crippen molar-refractivity contribution in [3.8, 4) is 5.75 Å². The fraction of sp³-hybridized carbons (Fsp3) is 0.346. The molecule has 7 N–H and O–H groups in total. The van der Waals surface area contributed by atoms with Gasteiger partial charge in [-0.05, 0) is 43.3 Å². The minimum absolute atomic E-state index is 0.0528. The highest BCUT2D eigenvalue weighted by molar-refractivity contribution is 7.89. The van der Waals surface area contributed by atoms with Crippen molar-refractivity contribution in [1.29, 1.82) is 10.8 Å². The number of nitrogens with zero attached hydrogens (tertiary/aromatic N) is 2. The molecule has 0 unspecified atom stereocenters. The molecule has 21 heteroatoms. The molecule has 2 aromatic carbocycles. The Kier molecular flexibility index (Phi) is 14.6. The summed E-state index contributed by atoms with van der Waals surface area (Å²) in [4.78, 5) is 32.1. The summed E-state index contributed by atoms with van der Waals surface area (Å²) in [6, 6.07) is 12.7. The summed E-state index contributed by atoms with van der Waals surface area (Å²) in [6.45, 7) is 3.76. The minimum atomic E-state index is -5.08. The van der Waals surface area contributed by atoms with Gasteiger partial charge in [0.25, 0.3) is 5.91 Å². The first-order chi connectivity index (χ1) is 21.6. The van der Waals surface area contributed by atoms with Gasteiger partial charge in [0, 0.05) is 37.3 Å². The molecular formula is C26H30F6N6O8S. The highest BCUT2D eigenvalue weighted by atomic mass is 32.2. The monoisotopic (exact) mass is 700 g/mol. The van der Waals surface area contributed by atoms with Gasteiger partial charge < -0.3 is 30.9 Å². The third-order valence-corrected chi connectivity index (χ3v) is 7.67. The molecule has 0 atom stereocenters. The molecule has 3 rings (SSSR count). The van der Waals surface area contributed by atoms with Crippen LogP contribution in [0.5, 0.6) is 5.75 Å². The second-order valence-electron chi connectivity index (χ2n) is 9.15. The van der Waals surface area contributed by atoms with Crippen LogP contribution in [-0.2, 0) is 19.6 Å². The molecule has 0 spiro atoms. The van der Waals surface area contributed by atoms with Gasteiger partial charge in [-0.3, -0.25) is 15.6 Å². The third kappa shape index (κ3) is 13.5. The summed E-state index contributed by atoms with van der Waals surface area (Å²) < 4.78 is 96.2. The van der Waals surface area contributed by atoms with Gasteiger partial charge in [-0.1, -0.05) is 12.1 Å². The van der Waals surface area contributed by atoms with E-state index in [2.05, 4.69) is 5.32 Å². The van der Waals surface area contributed by atoms with Gasteiger partial charge in [0.2, 0.25) is 10.0 Å². The number of piperazine rings is 1. The number of carboxylic acids is 2. The quantitative estimate of drug-likeness (QED) is 0.102. The number of nitrogens with one attached hydrogen (secondary N) is 3. The summed E-state index contributed by atoms with van der Waals surface area (Å²) in [5, 5.41) is 32.1. The molecule has 0 aromatic heterocycles. The molecule has 1 heterocycles. The van der Waals surface area contributed by atoms with Crippen LogP contribution in [-0.4, -0.2) is 109 Å². The molecule has 0 saturated carbocycles. The number of sulfonamides is 1. The van der Waals surface area contributed by atoms with Crippen molar-refractivity contribution in [2.75, 3.05) is 39.3 Å². The van der Waals surface area contributed by atoms with Crippen molar-refractivity contribution >= 4 is 39.5 Å². The van der Waals surface area contributed by atoms with Crippen LogP contribution in [0.2, 0.25) is 0 Å². The van der Waals surface area contributed by atoms with Gasteiger partial charge in [0.05, 0.1) is 17.3 Å². The average Bonchev–Trinajstić information content (AvgIpc) is 2.99. The molecule has 1 saturated heterocycles. The number of benzene rings is 2. The number of ether oxygens (including phenoxy) is 1. The summed E-state index contributed by atoms with van der Waals surface area (Å²) in [6.07, 6.45) is -10.2. The molecule has 1 amide bonds. The van der Waals surface area contributed by atoms with Crippen LogP contribution in [0.3, 0.4) is 0 Å². The van der Waals surface area contributed by atoms with E-state index in [1.807, 2.05) is 4.90 Å². The summed E-state index contributed by atoms with van der Waals surface area (Å²) >= 11 is 0. The van der Waals surface area contributed by atoms with Crippen molar-refractivity contribution < 1.29 is 64.1 Å². The van der Waals surface area contributed by atoms with Gasteiger partial charge in [-0.25, -0.2) is 18.0 Å². The molecule has 1 aliphatic rings. The predicted octanol–water partition coefficient (Wildman–Crippen LogP) is 2.35. The predicted molar refractivity (Wildman–Crippen MR) is 153 cm³/mol. The number of amidine groups is 2. The first-order valence-corrected chi connectivity index (χ1v) is 14.4. The average molecular weight is 701 g/mol. The number of amides is 1. The zero-order valence-electron chi connectivity index (χ0n) is 24.4. The molecule has 1 aliphatic heterocycles. The zero-order valence-corrected chi connectivity index (χ0v) is 25.2. The standard InChI is InChI=1S/C22H28N6O4S.2C2HF3O2/c1-16(23)27-10-12-28(13-11-27)33(30,31)20-7-5-17(6-8-20)22(29)26-9-14-32-19-4-2-3-18(15-19)21(24)25;2*3-2(4,5)1(6)7/h2-8,15,23H,9-14H2,1H3,(H3,24,25)(H,26,29);2*(H,6,7). The molecule has 260 valence electrons. The van der Waals surface area contributed by atoms with Gasteiger partial charge in [0.1, 0.15) is 18.2 Å². The lowest BCUT2D eigenvalue weighted by Gasteiger charge is -2.34. The molecule has 2 aromatic rings. The Bertz CT molecular complexity index is 1500. The van der Waals surface area contributed by atoms with Crippen LogP contribution in [0.4, 0.5) is 26.3 Å². The lowest BCUT2D eigenvalue weighted by Crippen LogP contribution is -2.49. The molecule has 14 nitrogen and oxygen atoms in total. The van der Waals surface area contributed by atoms with Gasteiger partial charge in [-0.2, -0.15) is 30.6 Å². The summed E-state index contributed by atoms with van der Waals surface area (Å²) in [5.41, 5.74) is 6.36. The van der Waals surface area contributed by atoms with Crippen LogP contribution in [0.1, 0.15) is 22.8 Å². The van der Waals surface area contributed by atoms with Crippen LogP contribution in [0, 0.1) is 10.8 Å². The van der Waals surface area contributed by atoms with E-state index in [1.54, 1.807) is 31.2 Å². The lowest BCUT2D eigenvalue weighted by atomic mass is 10.2. The summed E-state index contributed by atoms with van der Waals surface area (Å²) in [7, 11) is -3.65. The number of halogens is 6. The van der Waals surface area contributed by atoms with Gasteiger partial charge in [0.15, 0.2) is 0 Å². The number of carbonyl (C=O) groups excluding carboxylic acids is 1. The van der Waals surface area contributed by atoms with Gasteiger partial charge >= 0.3 is 24.3 Å². The first-order valence-electron chi connectivity index (χ1n) is 12.9.